The van der Waals surface area contributed by atoms with Gasteiger partial charge in [0.25, 0.3) is 0 Å². The normalized spacial score (nSPS) is 16.0. The van der Waals surface area contributed by atoms with Gasteiger partial charge in [-0.25, -0.2) is 0 Å². The Hall–Kier alpha value is -2.56. The predicted octanol–water partition coefficient (Wildman–Crippen LogP) is 2.39. The maximum atomic E-state index is 12.0. The first-order valence-electron chi connectivity index (χ1n) is 8.21. The highest BCUT2D eigenvalue weighted by atomic mass is 16.5. The standard InChI is InChI=1S/C19H22N2O3/c1-23-17-7-4-5-15-11-14(13-24-19(15)17)12-21-18(22)9-8-16-6-2-3-10-20-16/h2-7,10,14H,8-9,11-13H2,1H3,(H,21,22)/t14-/m1/s1. The maximum Gasteiger partial charge on any atom is 0.220 e. The number of hydrogen-bond acceptors (Lipinski definition) is 4. The van der Waals surface area contributed by atoms with E-state index in [0.717, 1.165) is 29.2 Å². The lowest BCUT2D eigenvalue weighted by molar-refractivity contribution is -0.121. The minimum absolute atomic E-state index is 0.0529. The van der Waals surface area contributed by atoms with Gasteiger partial charge in [-0.15, -0.1) is 0 Å². The Bertz CT molecular complexity index is 688. The van der Waals surface area contributed by atoms with E-state index in [9.17, 15) is 4.79 Å². The smallest absolute Gasteiger partial charge is 0.220 e. The third-order valence-corrected chi connectivity index (χ3v) is 4.17. The monoisotopic (exact) mass is 326 g/mol. The SMILES string of the molecule is COc1cccc2c1OC[C@@H](CNC(=O)CCc1ccccn1)C2. The third kappa shape index (κ3) is 4.04. The van der Waals surface area contributed by atoms with Gasteiger partial charge in [-0.2, -0.15) is 0 Å². The lowest BCUT2D eigenvalue weighted by Crippen LogP contribution is -2.35. The number of rotatable bonds is 6. The highest BCUT2D eigenvalue weighted by molar-refractivity contribution is 5.76. The number of fused-ring (bicyclic) bond motifs is 1. The number of nitrogens with zero attached hydrogens (tertiary/aromatic N) is 1. The first-order valence-corrected chi connectivity index (χ1v) is 8.21. The molecule has 0 aliphatic carbocycles. The Morgan fingerprint density at radius 1 is 1.33 bits per heavy atom. The van der Waals surface area contributed by atoms with Gasteiger partial charge in [0.1, 0.15) is 0 Å². The molecule has 5 nitrogen and oxygen atoms in total. The fraction of sp³-hybridized carbons (Fsp3) is 0.368. The number of para-hydroxylation sites is 1. The average Bonchev–Trinajstić information content (AvgIpc) is 2.64. The number of methoxy groups -OCH3 is 1. The first-order chi connectivity index (χ1) is 11.8. The number of hydrogen-bond donors (Lipinski definition) is 1. The van der Waals surface area contributed by atoms with Crippen LogP contribution >= 0.6 is 0 Å². The van der Waals surface area contributed by atoms with E-state index >= 15 is 0 Å². The molecule has 126 valence electrons. The number of amides is 1. The Balaban J connectivity index is 1.46. The van der Waals surface area contributed by atoms with Crippen molar-refractivity contribution in [3.63, 3.8) is 0 Å². The molecule has 1 aliphatic heterocycles. The quantitative estimate of drug-likeness (QED) is 0.885. The Morgan fingerprint density at radius 3 is 3.04 bits per heavy atom. The number of ether oxygens (including phenoxy) is 2. The number of aromatic nitrogens is 1. The van der Waals surface area contributed by atoms with Gasteiger partial charge in [-0.3, -0.25) is 9.78 Å². The second-order valence-corrected chi connectivity index (χ2v) is 5.95. The lowest BCUT2D eigenvalue weighted by Gasteiger charge is -2.26. The van der Waals surface area contributed by atoms with Crippen LogP contribution < -0.4 is 14.8 Å². The summed E-state index contributed by atoms with van der Waals surface area (Å²) in [5.74, 6) is 1.93. The van der Waals surface area contributed by atoms with Gasteiger partial charge in [0.05, 0.1) is 13.7 Å². The molecule has 1 N–H and O–H groups in total. The fourth-order valence-corrected chi connectivity index (χ4v) is 2.88. The molecule has 1 aliphatic rings. The zero-order chi connectivity index (χ0) is 16.8. The van der Waals surface area contributed by atoms with E-state index in [1.807, 2.05) is 36.4 Å². The zero-order valence-electron chi connectivity index (χ0n) is 13.8. The predicted molar refractivity (Wildman–Crippen MR) is 91.3 cm³/mol. The molecule has 0 saturated carbocycles. The summed E-state index contributed by atoms with van der Waals surface area (Å²) in [6, 6.07) is 11.7. The molecule has 0 unspecified atom stereocenters. The minimum Gasteiger partial charge on any atom is -0.493 e. The average molecular weight is 326 g/mol. The lowest BCUT2D eigenvalue weighted by atomic mass is 9.96. The fourth-order valence-electron chi connectivity index (χ4n) is 2.88. The van der Waals surface area contributed by atoms with Gasteiger partial charge in [0, 0.05) is 30.8 Å². The van der Waals surface area contributed by atoms with Crippen LogP contribution in [0.3, 0.4) is 0 Å². The summed E-state index contributed by atoms with van der Waals surface area (Å²) in [6.07, 6.45) is 3.74. The second-order valence-electron chi connectivity index (χ2n) is 5.95. The summed E-state index contributed by atoms with van der Waals surface area (Å²) in [4.78, 5) is 16.2. The number of pyridine rings is 1. The molecule has 24 heavy (non-hydrogen) atoms. The largest absolute Gasteiger partial charge is 0.493 e. The molecule has 2 aromatic rings. The number of carbonyl (C=O) groups is 1. The van der Waals surface area contributed by atoms with Gasteiger partial charge in [0.15, 0.2) is 11.5 Å². The van der Waals surface area contributed by atoms with Gasteiger partial charge in [-0.05, 0) is 36.6 Å². The molecule has 0 bridgehead atoms. The molecule has 2 heterocycles. The molecular formula is C19H22N2O3. The topological polar surface area (TPSA) is 60.5 Å². The summed E-state index contributed by atoms with van der Waals surface area (Å²) in [7, 11) is 1.65. The van der Waals surface area contributed by atoms with Crippen LogP contribution in [-0.2, 0) is 17.6 Å². The summed E-state index contributed by atoms with van der Waals surface area (Å²) in [5.41, 5.74) is 2.07. The highest BCUT2D eigenvalue weighted by Gasteiger charge is 2.22. The van der Waals surface area contributed by atoms with E-state index in [-0.39, 0.29) is 11.8 Å². The Morgan fingerprint density at radius 2 is 2.25 bits per heavy atom. The van der Waals surface area contributed by atoms with Crippen LogP contribution in [0.15, 0.2) is 42.6 Å². The Kier molecular flexibility index (Phi) is 5.31. The van der Waals surface area contributed by atoms with Crippen molar-refractivity contribution in [2.24, 2.45) is 5.92 Å². The van der Waals surface area contributed by atoms with Crippen molar-refractivity contribution in [3.05, 3.63) is 53.9 Å². The highest BCUT2D eigenvalue weighted by Crippen LogP contribution is 2.35. The van der Waals surface area contributed by atoms with Crippen LogP contribution in [0.1, 0.15) is 17.7 Å². The minimum atomic E-state index is 0.0529. The van der Waals surface area contributed by atoms with Crippen LogP contribution in [0.5, 0.6) is 11.5 Å². The summed E-state index contributed by atoms with van der Waals surface area (Å²) in [5, 5.41) is 3.00. The summed E-state index contributed by atoms with van der Waals surface area (Å²) >= 11 is 0. The summed E-state index contributed by atoms with van der Waals surface area (Å²) < 4.78 is 11.2. The number of aryl methyl sites for hydroxylation is 1. The molecule has 1 aromatic carbocycles. The van der Waals surface area contributed by atoms with Crippen molar-refractivity contribution in [1.29, 1.82) is 0 Å². The van der Waals surface area contributed by atoms with Crippen molar-refractivity contribution in [2.45, 2.75) is 19.3 Å². The van der Waals surface area contributed by atoms with E-state index in [1.54, 1.807) is 13.3 Å². The molecule has 0 fully saturated rings. The number of carbonyl (C=O) groups excluding carboxylic acids is 1. The molecule has 1 amide bonds. The molecule has 0 spiro atoms. The van der Waals surface area contributed by atoms with Gasteiger partial charge >= 0.3 is 0 Å². The van der Waals surface area contributed by atoms with Crippen molar-refractivity contribution in [3.8, 4) is 11.5 Å². The van der Waals surface area contributed by atoms with E-state index in [1.165, 1.54) is 0 Å². The molecule has 3 rings (SSSR count). The van der Waals surface area contributed by atoms with Gasteiger partial charge in [-0.1, -0.05) is 18.2 Å². The van der Waals surface area contributed by atoms with E-state index < -0.39 is 0 Å². The molecule has 1 aromatic heterocycles. The van der Waals surface area contributed by atoms with Gasteiger partial charge < -0.3 is 14.8 Å². The van der Waals surface area contributed by atoms with Crippen LogP contribution in [0.2, 0.25) is 0 Å². The molecule has 1 atom stereocenters. The van der Waals surface area contributed by atoms with Crippen LogP contribution in [0, 0.1) is 5.92 Å². The number of nitrogens with one attached hydrogen (secondary N) is 1. The second kappa shape index (κ2) is 7.81. The Labute approximate surface area is 142 Å². The molecule has 0 saturated heterocycles. The van der Waals surface area contributed by atoms with E-state index in [0.29, 0.717) is 26.0 Å². The molecular weight excluding hydrogens is 304 g/mol. The third-order valence-electron chi connectivity index (χ3n) is 4.17. The van der Waals surface area contributed by atoms with Gasteiger partial charge in [0.2, 0.25) is 5.91 Å². The molecule has 5 heteroatoms. The van der Waals surface area contributed by atoms with Crippen molar-refractivity contribution >= 4 is 5.91 Å². The van der Waals surface area contributed by atoms with Crippen molar-refractivity contribution in [2.75, 3.05) is 20.3 Å². The van der Waals surface area contributed by atoms with Crippen LogP contribution in [-0.4, -0.2) is 31.2 Å². The summed E-state index contributed by atoms with van der Waals surface area (Å²) in [6.45, 7) is 1.21. The van der Waals surface area contributed by atoms with Crippen molar-refractivity contribution in [1.82, 2.24) is 10.3 Å². The van der Waals surface area contributed by atoms with Crippen molar-refractivity contribution < 1.29 is 14.3 Å². The zero-order valence-corrected chi connectivity index (χ0v) is 13.8. The van der Waals surface area contributed by atoms with Crippen LogP contribution in [0.25, 0.3) is 0 Å². The molecule has 0 radical (unpaired) electrons. The van der Waals surface area contributed by atoms with E-state index in [2.05, 4.69) is 10.3 Å². The van der Waals surface area contributed by atoms with E-state index in [4.69, 9.17) is 9.47 Å². The first kappa shape index (κ1) is 16.3. The van der Waals surface area contributed by atoms with Crippen LogP contribution in [0.4, 0.5) is 0 Å². The number of benzene rings is 1. The maximum absolute atomic E-state index is 12.0.